The minimum atomic E-state index is -0.984. The summed E-state index contributed by atoms with van der Waals surface area (Å²) in [5.41, 5.74) is 2.04. The Kier molecular flexibility index (Phi) is 7.38. The molecule has 8 heteroatoms. The molecule has 0 saturated carbocycles. The number of benzene rings is 3. The van der Waals surface area contributed by atoms with E-state index in [9.17, 15) is 19.8 Å². The van der Waals surface area contributed by atoms with E-state index in [1.54, 1.807) is 42.5 Å². The first-order chi connectivity index (χ1) is 17.8. The van der Waals surface area contributed by atoms with Gasteiger partial charge in [-0.3, -0.25) is 14.5 Å². The minimum Gasteiger partial charge on any atom is -0.508 e. The first kappa shape index (κ1) is 25.6. The van der Waals surface area contributed by atoms with E-state index in [2.05, 4.69) is 18.7 Å². The molecule has 192 valence electrons. The van der Waals surface area contributed by atoms with Crippen LogP contribution in [0, 0.1) is 0 Å². The van der Waals surface area contributed by atoms with Crippen molar-refractivity contribution in [3.05, 3.63) is 83.4 Å². The number of carbonyl (C=O) groups excluding carboxylic acids is 2. The van der Waals surface area contributed by atoms with Crippen molar-refractivity contribution in [1.82, 2.24) is 0 Å². The highest BCUT2D eigenvalue weighted by molar-refractivity contribution is 6.51. The third-order valence-corrected chi connectivity index (χ3v) is 6.55. The fourth-order valence-electron chi connectivity index (χ4n) is 4.67. The molecule has 4 rings (SSSR count). The molecule has 1 aliphatic rings. The number of amides is 1. The molecule has 1 fully saturated rings. The molecule has 37 heavy (non-hydrogen) atoms. The van der Waals surface area contributed by atoms with Gasteiger partial charge in [0, 0.05) is 24.5 Å². The van der Waals surface area contributed by atoms with Crippen LogP contribution in [0.15, 0.2) is 72.3 Å². The second kappa shape index (κ2) is 10.7. The predicted octanol–water partition coefficient (Wildman–Crippen LogP) is 4.88. The zero-order valence-electron chi connectivity index (χ0n) is 21.3. The number of phenolic OH excluding ortho intramolecular Hbond substituents is 1. The van der Waals surface area contributed by atoms with Crippen LogP contribution in [-0.2, 0) is 9.59 Å². The zero-order valence-corrected chi connectivity index (χ0v) is 21.3. The van der Waals surface area contributed by atoms with Crippen LogP contribution >= 0.6 is 0 Å². The average molecular weight is 503 g/mol. The number of anilines is 2. The second-order valence-electron chi connectivity index (χ2n) is 8.52. The lowest BCUT2D eigenvalue weighted by Crippen LogP contribution is -2.29. The Morgan fingerprint density at radius 3 is 2.24 bits per heavy atom. The van der Waals surface area contributed by atoms with Crippen LogP contribution in [-0.4, -0.2) is 49.2 Å². The maximum atomic E-state index is 13.4. The van der Waals surface area contributed by atoms with Gasteiger partial charge in [-0.05, 0) is 74.0 Å². The molecular formula is C29H30N2O6. The lowest BCUT2D eigenvalue weighted by molar-refractivity contribution is -0.132. The number of carbonyl (C=O) groups is 2. The van der Waals surface area contributed by atoms with Crippen LogP contribution in [0.2, 0.25) is 0 Å². The van der Waals surface area contributed by atoms with Gasteiger partial charge in [-0.2, -0.15) is 0 Å². The molecule has 2 N–H and O–H groups in total. The molecule has 1 amide bonds. The number of aliphatic hydroxyl groups is 1. The highest BCUT2D eigenvalue weighted by Crippen LogP contribution is 2.44. The average Bonchev–Trinajstić information content (AvgIpc) is 3.19. The number of hydrogen-bond donors (Lipinski definition) is 2. The maximum Gasteiger partial charge on any atom is 0.300 e. The topological polar surface area (TPSA) is 99.5 Å². The minimum absolute atomic E-state index is 0.0288. The fraction of sp³-hybridized carbons (Fsp3) is 0.241. The number of nitrogens with zero attached hydrogens (tertiary/aromatic N) is 2. The number of phenols is 1. The number of methoxy groups -OCH3 is 2. The summed E-state index contributed by atoms with van der Waals surface area (Å²) < 4.78 is 10.7. The Morgan fingerprint density at radius 1 is 0.946 bits per heavy atom. The van der Waals surface area contributed by atoms with E-state index in [0.717, 1.165) is 18.8 Å². The molecule has 0 bridgehead atoms. The van der Waals surface area contributed by atoms with Gasteiger partial charge in [0.25, 0.3) is 11.7 Å². The van der Waals surface area contributed by atoms with Gasteiger partial charge in [-0.15, -0.1) is 0 Å². The summed E-state index contributed by atoms with van der Waals surface area (Å²) in [4.78, 5) is 30.4. The summed E-state index contributed by atoms with van der Waals surface area (Å²) in [6.07, 6.45) is 0. The fourth-order valence-corrected chi connectivity index (χ4v) is 4.67. The van der Waals surface area contributed by atoms with Crippen molar-refractivity contribution in [2.24, 2.45) is 0 Å². The Bertz CT molecular complexity index is 1340. The van der Waals surface area contributed by atoms with Crippen molar-refractivity contribution in [1.29, 1.82) is 0 Å². The number of aliphatic hydroxyl groups excluding tert-OH is 1. The highest BCUT2D eigenvalue weighted by atomic mass is 16.5. The molecule has 0 aliphatic carbocycles. The van der Waals surface area contributed by atoms with Gasteiger partial charge < -0.3 is 24.6 Å². The number of ketones is 1. The number of hydrogen-bond acceptors (Lipinski definition) is 7. The summed E-state index contributed by atoms with van der Waals surface area (Å²) >= 11 is 0. The van der Waals surface area contributed by atoms with Crippen LogP contribution in [0.4, 0.5) is 11.4 Å². The van der Waals surface area contributed by atoms with Gasteiger partial charge in [0.1, 0.15) is 23.0 Å². The van der Waals surface area contributed by atoms with Crippen molar-refractivity contribution < 1.29 is 29.3 Å². The first-order valence-corrected chi connectivity index (χ1v) is 12.0. The van der Waals surface area contributed by atoms with Crippen molar-refractivity contribution in [3.8, 4) is 17.2 Å². The molecule has 1 aliphatic heterocycles. The van der Waals surface area contributed by atoms with Gasteiger partial charge in [0.05, 0.1) is 31.4 Å². The second-order valence-corrected chi connectivity index (χ2v) is 8.52. The summed E-state index contributed by atoms with van der Waals surface area (Å²) in [5, 5.41) is 21.7. The molecule has 3 aromatic carbocycles. The smallest absolute Gasteiger partial charge is 0.300 e. The van der Waals surface area contributed by atoms with E-state index in [0.29, 0.717) is 22.7 Å². The van der Waals surface area contributed by atoms with Gasteiger partial charge in [0.2, 0.25) is 0 Å². The van der Waals surface area contributed by atoms with Crippen LogP contribution in [0.3, 0.4) is 0 Å². The van der Waals surface area contributed by atoms with E-state index in [1.807, 2.05) is 12.1 Å². The quantitative estimate of drug-likeness (QED) is 0.257. The number of aromatic hydroxyl groups is 1. The summed E-state index contributed by atoms with van der Waals surface area (Å²) in [6, 6.07) is 17.5. The summed E-state index contributed by atoms with van der Waals surface area (Å²) in [5.74, 6) is -1.31. The SMILES string of the molecule is CCN(CC)c1ccc(N2C(=O)C(=O)/C(=C(/O)c3cc(OC)ccc3OC)C2c2cccc(O)c2)cc1. The van der Waals surface area contributed by atoms with E-state index in [1.165, 1.54) is 31.3 Å². The molecule has 8 nitrogen and oxygen atoms in total. The lowest BCUT2D eigenvalue weighted by Gasteiger charge is -2.27. The molecule has 0 aromatic heterocycles. The van der Waals surface area contributed by atoms with E-state index in [-0.39, 0.29) is 16.9 Å². The van der Waals surface area contributed by atoms with Gasteiger partial charge in [-0.1, -0.05) is 12.1 Å². The molecule has 1 atom stereocenters. The lowest BCUT2D eigenvalue weighted by atomic mass is 9.94. The molecular weight excluding hydrogens is 472 g/mol. The van der Waals surface area contributed by atoms with E-state index in [4.69, 9.17) is 9.47 Å². The van der Waals surface area contributed by atoms with Crippen molar-refractivity contribution in [2.45, 2.75) is 19.9 Å². The number of rotatable bonds is 8. The standard InChI is InChI=1S/C29H30N2O6/c1-5-30(6-2)19-10-12-20(13-11-19)31-26(18-8-7-9-21(32)16-18)25(28(34)29(31)35)27(33)23-17-22(36-3)14-15-24(23)37-4/h7-17,26,32-33H,5-6H2,1-4H3/b27-25+. The largest absolute Gasteiger partial charge is 0.508 e. The van der Waals surface area contributed by atoms with E-state index >= 15 is 0 Å². The van der Waals surface area contributed by atoms with Gasteiger partial charge in [-0.25, -0.2) is 0 Å². The van der Waals surface area contributed by atoms with Crippen LogP contribution in [0.25, 0.3) is 5.76 Å². The Hall–Kier alpha value is -4.46. The van der Waals surface area contributed by atoms with Crippen molar-refractivity contribution in [3.63, 3.8) is 0 Å². The molecule has 1 unspecified atom stereocenters. The third kappa shape index (κ3) is 4.70. The Morgan fingerprint density at radius 2 is 1.65 bits per heavy atom. The molecule has 1 heterocycles. The number of ether oxygens (including phenoxy) is 2. The van der Waals surface area contributed by atoms with E-state index < -0.39 is 23.5 Å². The monoisotopic (exact) mass is 502 g/mol. The molecule has 0 spiro atoms. The first-order valence-electron chi connectivity index (χ1n) is 12.0. The van der Waals surface area contributed by atoms with Gasteiger partial charge >= 0.3 is 0 Å². The van der Waals surface area contributed by atoms with Crippen LogP contribution < -0.4 is 19.3 Å². The Labute approximate surface area is 216 Å². The van der Waals surface area contributed by atoms with Crippen molar-refractivity contribution >= 4 is 28.8 Å². The van der Waals surface area contributed by atoms with Crippen LogP contribution in [0.5, 0.6) is 17.2 Å². The normalized spacial score (nSPS) is 16.6. The van der Waals surface area contributed by atoms with Crippen LogP contribution in [0.1, 0.15) is 31.0 Å². The summed E-state index contributed by atoms with van der Waals surface area (Å²) in [7, 11) is 2.93. The zero-order chi connectivity index (χ0) is 26.7. The summed E-state index contributed by atoms with van der Waals surface area (Å²) in [6.45, 7) is 5.77. The highest BCUT2D eigenvalue weighted by Gasteiger charge is 2.47. The number of Topliss-reactive ketones (excluding diaryl/α,β-unsaturated/α-hetero) is 1. The predicted molar refractivity (Wildman–Crippen MR) is 142 cm³/mol. The molecule has 0 radical (unpaired) electrons. The van der Waals surface area contributed by atoms with Gasteiger partial charge in [0.15, 0.2) is 0 Å². The molecule has 3 aromatic rings. The Balaban J connectivity index is 1.92. The molecule has 1 saturated heterocycles. The maximum absolute atomic E-state index is 13.4. The third-order valence-electron chi connectivity index (χ3n) is 6.55. The van der Waals surface area contributed by atoms with Crippen molar-refractivity contribution in [2.75, 3.05) is 37.1 Å².